The van der Waals surface area contributed by atoms with E-state index in [1.54, 1.807) is 0 Å². The summed E-state index contributed by atoms with van der Waals surface area (Å²) in [6.07, 6.45) is 6.33. The maximum absolute atomic E-state index is 6.05. The first kappa shape index (κ1) is 11.9. The lowest BCUT2D eigenvalue weighted by atomic mass is 9.81. The molecule has 6 atom stereocenters. The van der Waals surface area contributed by atoms with Crippen molar-refractivity contribution in [1.29, 1.82) is 0 Å². The molecular formula is C17H23NO. The highest BCUT2D eigenvalue weighted by molar-refractivity contribution is 5.27. The molecule has 0 aromatic heterocycles. The van der Waals surface area contributed by atoms with Crippen LogP contribution in [-0.2, 0) is 4.74 Å². The molecule has 1 aromatic carbocycles. The van der Waals surface area contributed by atoms with Gasteiger partial charge in [0.25, 0.3) is 0 Å². The predicted octanol–water partition coefficient (Wildman–Crippen LogP) is 2.95. The summed E-state index contributed by atoms with van der Waals surface area (Å²) in [6.45, 7) is 0. The molecular weight excluding hydrogens is 234 g/mol. The lowest BCUT2D eigenvalue weighted by Crippen LogP contribution is -2.40. The Morgan fingerprint density at radius 2 is 1.95 bits per heavy atom. The molecule has 102 valence electrons. The number of fused-ring (bicyclic) bond motifs is 2. The Balaban J connectivity index is 1.47. The first-order chi connectivity index (χ1) is 9.36. The Hall–Kier alpha value is -0.860. The summed E-state index contributed by atoms with van der Waals surface area (Å²) in [5.74, 6) is 2.35. The van der Waals surface area contributed by atoms with Gasteiger partial charge in [0.1, 0.15) is 0 Å². The minimum absolute atomic E-state index is 0.541. The molecule has 4 rings (SSSR count). The van der Waals surface area contributed by atoms with Crippen LogP contribution in [-0.4, -0.2) is 25.3 Å². The molecule has 2 bridgehead atoms. The van der Waals surface area contributed by atoms with Crippen molar-refractivity contribution >= 4 is 0 Å². The zero-order valence-corrected chi connectivity index (χ0v) is 11.6. The Morgan fingerprint density at radius 1 is 1.11 bits per heavy atom. The second-order valence-electron chi connectivity index (χ2n) is 6.50. The molecule has 6 unspecified atom stereocenters. The van der Waals surface area contributed by atoms with E-state index in [4.69, 9.17) is 4.74 Å². The summed E-state index contributed by atoms with van der Waals surface area (Å²) >= 11 is 0. The van der Waals surface area contributed by atoms with E-state index < -0.39 is 0 Å². The number of hydrogen-bond acceptors (Lipinski definition) is 2. The number of benzene rings is 1. The minimum atomic E-state index is 0.541. The maximum Gasteiger partial charge on any atom is 0.0623 e. The molecule has 3 aliphatic rings. The predicted molar refractivity (Wildman–Crippen MR) is 76.1 cm³/mol. The van der Waals surface area contributed by atoms with Crippen molar-refractivity contribution in [2.24, 2.45) is 11.8 Å². The van der Waals surface area contributed by atoms with Crippen molar-refractivity contribution in [2.75, 3.05) is 7.05 Å². The van der Waals surface area contributed by atoms with E-state index in [0.29, 0.717) is 18.2 Å². The average molecular weight is 257 g/mol. The first-order valence-electron chi connectivity index (χ1n) is 7.74. The van der Waals surface area contributed by atoms with Gasteiger partial charge in [0.2, 0.25) is 0 Å². The molecule has 1 N–H and O–H groups in total. The number of hydrogen-bond donors (Lipinski definition) is 1. The standard InChI is InChI=1S/C17H23NO/c1-18-17(15-9-12-7-8-16(15)19-12)14-10-13(14)11-5-3-2-4-6-11/h2-6,12-18H,7-10H2,1H3. The lowest BCUT2D eigenvalue weighted by Gasteiger charge is -2.28. The molecule has 3 fully saturated rings. The van der Waals surface area contributed by atoms with Crippen molar-refractivity contribution in [3.63, 3.8) is 0 Å². The molecule has 1 aromatic rings. The van der Waals surface area contributed by atoms with Crippen LogP contribution >= 0.6 is 0 Å². The van der Waals surface area contributed by atoms with Gasteiger partial charge >= 0.3 is 0 Å². The lowest BCUT2D eigenvalue weighted by molar-refractivity contribution is 0.0843. The van der Waals surface area contributed by atoms with Crippen LogP contribution in [0.5, 0.6) is 0 Å². The molecule has 2 aliphatic heterocycles. The average Bonchev–Trinajstić information content (AvgIpc) is 2.94. The first-order valence-corrected chi connectivity index (χ1v) is 7.74. The third-order valence-corrected chi connectivity index (χ3v) is 5.48. The van der Waals surface area contributed by atoms with Crippen LogP contribution in [0.1, 0.15) is 37.2 Å². The van der Waals surface area contributed by atoms with Gasteiger partial charge in [0.15, 0.2) is 0 Å². The largest absolute Gasteiger partial charge is 0.375 e. The number of ether oxygens (including phenoxy) is 1. The van der Waals surface area contributed by atoms with Crippen LogP contribution in [0, 0.1) is 11.8 Å². The molecule has 0 amide bonds. The van der Waals surface area contributed by atoms with Gasteiger partial charge in [-0.05, 0) is 50.1 Å². The highest BCUT2D eigenvalue weighted by Crippen LogP contribution is 2.54. The van der Waals surface area contributed by atoms with Crippen molar-refractivity contribution in [2.45, 2.75) is 49.9 Å². The molecule has 2 heteroatoms. The molecule has 0 spiro atoms. The summed E-state index contributed by atoms with van der Waals surface area (Å²) in [6, 6.07) is 11.7. The summed E-state index contributed by atoms with van der Waals surface area (Å²) in [5.41, 5.74) is 1.52. The number of nitrogens with one attached hydrogen (secondary N) is 1. The normalized spacial score (nSPS) is 41.4. The van der Waals surface area contributed by atoms with Crippen molar-refractivity contribution < 1.29 is 4.74 Å². The van der Waals surface area contributed by atoms with Crippen LogP contribution in [0.4, 0.5) is 0 Å². The zero-order chi connectivity index (χ0) is 12.8. The highest BCUT2D eigenvalue weighted by Gasteiger charge is 2.52. The zero-order valence-electron chi connectivity index (χ0n) is 11.6. The van der Waals surface area contributed by atoms with Gasteiger partial charge in [-0.1, -0.05) is 30.3 Å². The van der Waals surface area contributed by atoms with E-state index >= 15 is 0 Å². The summed E-state index contributed by atoms with van der Waals surface area (Å²) in [7, 11) is 2.14. The van der Waals surface area contributed by atoms with Gasteiger partial charge in [0.05, 0.1) is 12.2 Å². The van der Waals surface area contributed by atoms with Crippen molar-refractivity contribution in [3.05, 3.63) is 35.9 Å². The van der Waals surface area contributed by atoms with Gasteiger partial charge < -0.3 is 10.1 Å². The van der Waals surface area contributed by atoms with E-state index in [2.05, 4.69) is 42.7 Å². The second-order valence-corrected chi connectivity index (χ2v) is 6.50. The van der Waals surface area contributed by atoms with E-state index in [0.717, 1.165) is 17.8 Å². The van der Waals surface area contributed by atoms with Gasteiger partial charge in [-0.3, -0.25) is 0 Å². The van der Waals surface area contributed by atoms with Gasteiger partial charge in [-0.2, -0.15) is 0 Å². The molecule has 2 nitrogen and oxygen atoms in total. The molecule has 2 heterocycles. The fraction of sp³-hybridized carbons (Fsp3) is 0.647. The van der Waals surface area contributed by atoms with E-state index in [-0.39, 0.29) is 0 Å². The Kier molecular flexibility index (Phi) is 2.89. The van der Waals surface area contributed by atoms with Crippen LogP contribution in [0.15, 0.2) is 30.3 Å². The molecule has 2 saturated heterocycles. The van der Waals surface area contributed by atoms with E-state index in [1.165, 1.54) is 31.2 Å². The smallest absolute Gasteiger partial charge is 0.0623 e. The highest BCUT2D eigenvalue weighted by atomic mass is 16.5. The number of rotatable bonds is 4. The maximum atomic E-state index is 6.05. The quantitative estimate of drug-likeness (QED) is 0.895. The van der Waals surface area contributed by atoms with E-state index in [1.807, 2.05) is 0 Å². The van der Waals surface area contributed by atoms with Crippen LogP contribution in [0.25, 0.3) is 0 Å². The van der Waals surface area contributed by atoms with Gasteiger partial charge in [-0.15, -0.1) is 0 Å². The van der Waals surface area contributed by atoms with Crippen molar-refractivity contribution in [1.82, 2.24) is 5.32 Å². The third-order valence-electron chi connectivity index (χ3n) is 5.48. The summed E-state index contributed by atoms with van der Waals surface area (Å²) in [5, 5.41) is 3.61. The second kappa shape index (κ2) is 4.60. The third kappa shape index (κ3) is 2.02. The van der Waals surface area contributed by atoms with Crippen LogP contribution in [0.2, 0.25) is 0 Å². The summed E-state index contributed by atoms with van der Waals surface area (Å²) in [4.78, 5) is 0. The fourth-order valence-corrected chi connectivity index (χ4v) is 4.50. The van der Waals surface area contributed by atoms with E-state index in [9.17, 15) is 0 Å². The van der Waals surface area contributed by atoms with Gasteiger partial charge in [0, 0.05) is 12.0 Å². The van der Waals surface area contributed by atoms with Crippen molar-refractivity contribution in [3.8, 4) is 0 Å². The Morgan fingerprint density at radius 3 is 2.58 bits per heavy atom. The topological polar surface area (TPSA) is 21.3 Å². The van der Waals surface area contributed by atoms with Gasteiger partial charge in [-0.25, -0.2) is 0 Å². The van der Waals surface area contributed by atoms with Crippen LogP contribution in [0.3, 0.4) is 0 Å². The fourth-order valence-electron chi connectivity index (χ4n) is 4.50. The Labute approximate surface area is 115 Å². The SMILES string of the molecule is CNC(C1CC2CCC1O2)C1CC1c1ccccc1. The molecule has 1 saturated carbocycles. The Bertz CT molecular complexity index is 446. The van der Waals surface area contributed by atoms with Crippen LogP contribution < -0.4 is 5.32 Å². The summed E-state index contributed by atoms with van der Waals surface area (Å²) < 4.78 is 6.05. The molecule has 0 radical (unpaired) electrons. The molecule has 19 heavy (non-hydrogen) atoms. The minimum Gasteiger partial charge on any atom is -0.375 e. The molecule has 1 aliphatic carbocycles. The monoisotopic (exact) mass is 257 g/mol.